The van der Waals surface area contributed by atoms with Crippen molar-refractivity contribution in [3.05, 3.63) is 109 Å². The van der Waals surface area contributed by atoms with Crippen molar-refractivity contribution in [3.8, 4) is 0 Å². The minimum Gasteiger partial charge on any atom is -0.258 e. The Morgan fingerprint density at radius 2 is 0.711 bits per heavy atom. The molecular weight excluding hydrogens is 556 g/mol. The third kappa shape index (κ3) is 5.60. The van der Waals surface area contributed by atoms with Crippen LogP contribution in [0.3, 0.4) is 0 Å². The lowest BCUT2D eigenvalue weighted by Crippen LogP contribution is -2.00. The fraction of sp³-hybridized carbons (Fsp3) is 0. The predicted molar refractivity (Wildman–Crippen MR) is 127 cm³/mol. The molecule has 3 rings (SSSR count). The molecule has 0 N–H and O–H groups in total. The maximum atomic E-state index is 11.6. The molecular formula is C18H8N6O12S2. The van der Waals surface area contributed by atoms with E-state index in [0.717, 1.165) is 0 Å². The summed E-state index contributed by atoms with van der Waals surface area (Å²) in [5.41, 5.74) is -5.70. The summed E-state index contributed by atoms with van der Waals surface area (Å²) in [6.45, 7) is 0. The molecule has 3 aromatic rings. The molecule has 3 aromatic carbocycles. The van der Waals surface area contributed by atoms with Crippen LogP contribution < -0.4 is 0 Å². The van der Waals surface area contributed by atoms with Crippen molar-refractivity contribution in [3.63, 3.8) is 0 Å². The molecule has 0 aliphatic carbocycles. The van der Waals surface area contributed by atoms with Gasteiger partial charge in [-0.3, -0.25) is 60.7 Å². The van der Waals surface area contributed by atoms with Gasteiger partial charge in [0.2, 0.25) is 0 Å². The molecule has 0 radical (unpaired) electrons. The molecule has 18 nitrogen and oxygen atoms in total. The fourth-order valence-corrected chi connectivity index (χ4v) is 5.24. The van der Waals surface area contributed by atoms with Crippen LogP contribution in [0.15, 0.2) is 68.1 Å². The van der Waals surface area contributed by atoms with Crippen molar-refractivity contribution in [2.45, 2.75) is 19.6 Å². The summed E-state index contributed by atoms with van der Waals surface area (Å²) in [7, 11) is 0. The van der Waals surface area contributed by atoms with Gasteiger partial charge in [-0.1, -0.05) is 35.7 Å². The van der Waals surface area contributed by atoms with Gasteiger partial charge in [0, 0.05) is 9.79 Å². The maximum Gasteiger partial charge on any atom is 0.297 e. The summed E-state index contributed by atoms with van der Waals surface area (Å²) in [4.78, 5) is 61.1. The van der Waals surface area contributed by atoms with Crippen molar-refractivity contribution >= 4 is 57.6 Å². The van der Waals surface area contributed by atoms with Crippen LogP contribution >= 0.6 is 23.5 Å². The van der Waals surface area contributed by atoms with E-state index in [9.17, 15) is 60.7 Å². The number of nitrogens with zero attached hydrogens (tertiary/aromatic N) is 6. The van der Waals surface area contributed by atoms with Crippen LogP contribution in [-0.4, -0.2) is 29.5 Å². The highest BCUT2D eigenvalue weighted by molar-refractivity contribution is 8.02. The molecule has 194 valence electrons. The second kappa shape index (κ2) is 10.8. The van der Waals surface area contributed by atoms with Gasteiger partial charge in [0.1, 0.15) is 0 Å². The quantitative estimate of drug-likeness (QED) is 0.219. The van der Waals surface area contributed by atoms with Gasteiger partial charge in [-0.05, 0) is 12.1 Å². The number of rotatable bonds is 10. The number of non-ortho nitro benzene ring substituents is 2. The molecule has 0 spiro atoms. The monoisotopic (exact) mass is 564 g/mol. The van der Waals surface area contributed by atoms with Crippen LogP contribution in [-0.2, 0) is 0 Å². The Kier molecular flexibility index (Phi) is 7.77. The molecule has 0 saturated carbocycles. The van der Waals surface area contributed by atoms with Crippen LogP contribution in [0.5, 0.6) is 0 Å². The predicted octanol–water partition coefficient (Wildman–Crippen LogP) is 5.44. The highest BCUT2D eigenvalue weighted by atomic mass is 32.2. The first-order valence-corrected chi connectivity index (χ1v) is 11.1. The molecule has 38 heavy (non-hydrogen) atoms. The van der Waals surface area contributed by atoms with Crippen molar-refractivity contribution < 1.29 is 29.5 Å². The van der Waals surface area contributed by atoms with Crippen molar-refractivity contribution in [2.24, 2.45) is 0 Å². The Bertz CT molecular complexity index is 1380. The van der Waals surface area contributed by atoms with Crippen LogP contribution in [0, 0.1) is 60.7 Å². The van der Waals surface area contributed by atoms with E-state index in [0.29, 0.717) is 47.8 Å². The lowest BCUT2D eigenvalue weighted by atomic mass is 10.2. The lowest BCUT2D eigenvalue weighted by Gasteiger charge is -2.10. The second-order valence-corrected chi connectivity index (χ2v) is 8.92. The van der Waals surface area contributed by atoms with Gasteiger partial charge < -0.3 is 0 Å². The van der Waals surface area contributed by atoms with E-state index in [1.165, 1.54) is 24.3 Å². The zero-order valence-electron chi connectivity index (χ0n) is 18.0. The Morgan fingerprint density at radius 3 is 0.921 bits per heavy atom. The third-order valence-electron chi connectivity index (χ3n) is 4.55. The molecule has 0 atom stereocenters. The molecule has 0 aromatic heterocycles. The molecule has 0 saturated heterocycles. The highest BCUT2D eigenvalue weighted by Gasteiger charge is 2.34. The zero-order valence-corrected chi connectivity index (χ0v) is 19.7. The van der Waals surface area contributed by atoms with E-state index in [4.69, 9.17) is 0 Å². The number of hydrogen-bond donors (Lipinski definition) is 0. The molecule has 0 bridgehead atoms. The SMILES string of the molecule is O=[N+]([O-])c1cc([N+](=O)[O-])c(Sc2ccccc2Sc2c([N+](=O)[O-])cc([N+](=O)[O-])cc2[N+](=O)[O-])c([N+](=O)[O-])c1. The summed E-state index contributed by atoms with van der Waals surface area (Å²) in [6, 6.07) is 7.49. The molecule has 0 amide bonds. The van der Waals surface area contributed by atoms with Crippen LogP contribution in [0.2, 0.25) is 0 Å². The lowest BCUT2D eigenvalue weighted by molar-refractivity contribution is -0.407. The Morgan fingerprint density at radius 1 is 0.447 bits per heavy atom. The van der Waals surface area contributed by atoms with Gasteiger partial charge in [0.05, 0.1) is 53.8 Å². The van der Waals surface area contributed by atoms with Gasteiger partial charge in [0.15, 0.2) is 9.79 Å². The minimum atomic E-state index is -1.07. The molecule has 0 aliphatic rings. The van der Waals surface area contributed by atoms with Gasteiger partial charge in [0.25, 0.3) is 34.1 Å². The molecule has 0 aliphatic heterocycles. The normalized spacial score (nSPS) is 10.5. The maximum absolute atomic E-state index is 11.6. The summed E-state index contributed by atoms with van der Waals surface area (Å²) < 4.78 is 0. The Balaban J connectivity index is 2.22. The average molecular weight is 564 g/mol. The van der Waals surface area contributed by atoms with Crippen LogP contribution in [0.25, 0.3) is 0 Å². The van der Waals surface area contributed by atoms with E-state index < -0.39 is 73.5 Å². The number of benzene rings is 3. The smallest absolute Gasteiger partial charge is 0.258 e. The summed E-state index contributed by atoms with van der Waals surface area (Å²) >= 11 is 0.851. The van der Waals surface area contributed by atoms with Gasteiger partial charge >= 0.3 is 0 Å². The first-order chi connectivity index (χ1) is 17.8. The molecule has 0 unspecified atom stereocenters. The van der Waals surface area contributed by atoms with Gasteiger partial charge in [-0.2, -0.15) is 0 Å². The highest BCUT2D eigenvalue weighted by Crippen LogP contribution is 2.50. The van der Waals surface area contributed by atoms with Gasteiger partial charge in [-0.15, -0.1) is 0 Å². The van der Waals surface area contributed by atoms with Crippen LogP contribution in [0.1, 0.15) is 0 Å². The zero-order chi connectivity index (χ0) is 28.3. The third-order valence-corrected chi connectivity index (χ3v) is 7.08. The number of nitro benzene ring substituents is 6. The van der Waals surface area contributed by atoms with E-state index in [1.807, 2.05) is 0 Å². The van der Waals surface area contributed by atoms with Crippen molar-refractivity contribution in [1.29, 1.82) is 0 Å². The Hall–Kier alpha value is -5.24. The number of hydrogen-bond acceptors (Lipinski definition) is 14. The van der Waals surface area contributed by atoms with Crippen molar-refractivity contribution in [2.75, 3.05) is 0 Å². The van der Waals surface area contributed by atoms with E-state index in [1.54, 1.807) is 0 Å². The van der Waals surface area contributed by atoms with Gasteiger partial charge in [-0.25, -0.2) is 0 Å². The average Bonchev–Trinajstić information content (AvgIpc) is 2.84. The largest absolute Gasteiger partial charge is 0.297 e. The first-order valence-electron chi connectivity index (χ1n) is 9.49. The Labute approximate surface area is 216 Å². The fourth-order valence-electron chi connectivity index (χ4n) is 2.97. The topological polar surface area (TPSA) is 259 Å². The molecule has 0 heterocycles. The standard InChI is InChI=1S/C18H8N6O12S2/c25-19(26)9-5-11(21(29)30)17(12(6-9)22(31)32)37-15-3-1-2-4-16(15)38-18-13(23(33)34)7-10(20(27)28)8-14(18)24(35)36/h1-8H. The first kappa shape index (κ1) is 27.3. The number of nitro groups is 6. The summed E-state index contributed by atoms with van der Waals surface area (Å²) in [5, 5.41) is 68.6. The van der Waals surface area contributed by atoms with Crippen LogP contribution in [0.4, 0.5) is 34.1 Å². The summed E-state index contributed by atoms with van der Waals surface area (Å²) in [6.07, 6.45) is 0. The van der Waals surface area contributed by atoms with E-state index >= 15 is 0 Å². The van der Waals surface area contributed by atoms with Crippen molar-refractivity contribution in [1.82, 2.24) is 0 Å². The summed E-state index contributed by atoms with van der Waals surface area (Å²) in [5.74, 6) is 0. The minimum absolute atomic E-state index is 0.000461. The van der Waals surface area contributed by atoms with E-state index in [2.05, 4.69) is 0 Å². The second-order valence-electron chi connectivity index (χ2n) is 6.82. The molecule has 20 heteroatoms. The molecule has 0 fully saturated rings. The van der Waals surface area contributed by atoms with E-state index in [-0.39, 0.29) is 9.79 Å².